The van der Waals surface area contributed by atoms with E-state index in [0.717, 1.165) is 18.5 Å². The number of aliphatic hydroxyl groups is 2. The second kappa shape index (κ2) is 7.14. The summed E-state index contributed by atoms with van der Waals surface area (Å²) in [6.45, 7) is 0. The number of hydrogen-bond donors (Lipinski definition) is 5. The topological polar surface area (TPSA) is 129 Å². The maximum absolute atomic E-state index is 10.5. The van der Waals surface area contributed by atoms with E-state index in [4.69, 9.17) is 4.74 Å². The summed E-state index contributed by atoms with van der Waals surface area (Å²) in [5.74, 6) is 1.81. The molecule has 2 unspecified atom stereocenters. The first-order valence-corrected chi connectivity index (χ1v) is 9.69. The van der Waals surface area contributed by atoms with Gasteiger partial charge >= 0.3 is 0 Å². The number of pyridine rings is 1. The summed E-state index contributed by atoms with van der Waals surface area (Å²) in [5.41, 5.74) is 1.76. The molecule has 3 aromatic heterocycles. The second-order valence-corrected chi connectivity index (χ2v) is 7.39. The van der Waals surface area contributed by atoms with Crippen LogP contribution in [0.2, 0.25) is 0 Å². The molecule has 2 aliphatic carbocycles. The van der Waals surface area contributed by atoms with Gasteiger partial charge in [-0.15, -0.1) is 0 Å². The van der Waals surface area contributed by atoms with Gasteiger partial charge in [0.05, 0.1) is 17.9 Å². The van der Waals surface area contributed by atoms with E-state index < -0.39 is 12.3 Å². The normalized spacial score (nSPS) is 21.8. The Labute approximate surface area is 166 Å². The summed E-state index contributed by atoms with van der Waals surface area (Å²) in [6, 6.07) is 5.43. The third-order valence-corrected chi connectivity index (χ3v) is 5.02. The zero-order chi connectivity index (χ0) is 20.0. The predicted molar refractivity (Wildman–Crippen MR) is 106 cm³/mol. The summed E-state index contributed by atoms with van der Waals surface area (Å²) >= 11 is 0. The first kappa shape index (κ1) is 18.1. The first-order valence-electron chi connectivity index (χ1n) is 9.69. The highest BCUT2D eigenvalue weighted by Crippen LogP contribution is 2.32. The van der Waals surface area contributed by atoms with Gasteiger partial charge in [-0.3, -0.25) is 5.32 Å². The molecule has 0 amide bonds. The van der Waals surface area contributed by atoms with Gasteiger partial charge in [-0.05, 0) is 31.4 Å². The molecule has 3 aromatic rings. The van der Waals surface area contributed by atoms with E-state index in [1.165, 1.54) is 0 Å². The fourth-order valence-electron chi connectivity index (χ4n) is 3.13. The lowest BCUT2D eigenvalue weighted by atomic mass is 10.3. The van der Waals surface area contributed by atoms with Crippen LogP contribution in [0.15, 0.2) is 30.6 Å². The van der Waals surface area contributed by atoms with Crippen LogP contribution in [-0.4, -0.2) is 55.1 Å². The monoisotopic (exact) mass is 397 g/mol. The van der Waals surface area contributed by atoms with Crippen LogP contribution in [0.4, 0.5) is 17.3 Å². The standard InChI is InChI=1S/C19H23N7O3/c1-20-16-8-15(23-12-3-2-6-21-19(12)29-10-4-5-10)25-17-11(9-22-26(16)17)18(28)24-13-7-14(13)27/h2-3,6,8-10,13-14,18,20,24,27-28H,4-5,7H2,1H3,(H,23,25)/t13-,14?,18?/m1/s1. The Bertz CT molecular complexity index is 1040. The van der Waals surface area contributed by atoms with Crippen molar-refractivity contribution in [1.82, 2.24) is 24.9 Å². The van der Waals surface area contributed by atoms with Gasteiger partial charge in [0.15, 0.2) is 5.65 Å². The molecule has 0 radical (unpaired) electrons. The molecule has 2 fully saturated rings. The molecule has 3 heterocycles. The fourth-order valence-corrected chi connectivity index (χ4v) is 3.13. The summed E-state index contributed by atoms with van der Waals surface area (Å²) in [6.07, 6.45) is 4.83. The lowest BCUT2D eigenvalue weighted by molar-refractivity contribution is 0.128. The molecule has 5 N–H and O–H groups in total. The zero-order valence-corrected chi connectivity index (χ0v) is 15.9. The number of nitrogens with zero attached hydrogens (tertiary/aromatic N) is 4. The van der Waals surface area contributed by atoms with Gasteiger partial charge in [0.25, 0.3) is 0 Å². The Morgan fingerprint density at radius 2 is 2.17 bits per heavy atom. The largest absolute Gasteiger partial charge is 0.473 e. The van der Waals surface area contributed by atoms with E-state index in [2.05, 4.69) is 31.0 Å². The highest BCUT2D eigenvalue weighted by Gasteiger charge is 2.37. The molecular weight excluding hydrogens is 374 g/mol. The maximum Gasteiger partial charge on any atom is 0.238 e. The van der Waals surface area contributed by atoms with Crippen molar-refractivity contribution < 1.29 is 14.9 Å². The van der Waals surface area contributed by atoms with Crippen molar-refractivity contribution in [2.45, 2.75) is 43.7 Å². The highest BCUT2D eigenvalue weighted by atomic mass is 16.5. The molecule has 0 saturated heterocycles. The number of rotatable bonds is 8. The van der Waals surface area contributed by atoms with Gasteiger partial charge in [-0.2, -0.15) is 9.61 Å². The molecule has 0 bridgehead atoms. The predicted octanol–water partition coefficient (Wildman–Crippen LogP) is 1.16. The first-order chi connectivity index (χ1) is 14.1. The molecule has 0 aliphatic heterocycles. The molecule has 0 spiro atoms. The van der Waals surface area contributed by atoms with Crippen molar-refractivity contribution in [3.63, 3.8) is 0 Å². The van der Waals surface area contributed by atoms with Crippen LogP contribution >= 0.6 is 0 Å². The molecule has 10 nitrogen and oxygen atoms in total. The molecular formula is C19H23N7O3. The number of aromatic nitrogens is 4. The molecule has 3 atom stereocenters. The van der Waals surface area contributed by atoms with Crippen molar-refractivity contribution in [3.8, 4) is 5.88 Å². The van der Waals surface area contributed by atoms with Crippen LogP contribution in [0.3, 0.4) is 0 Å². The van der Waals surface area contributed by atoms with Gasteiger partial charge < -0.3 is 25.6 Å². The summed E-state index contributed by atoms with van der Waals surface area (Å²) in [5, 5.41) is 33.7. The van der Waals surface area contributed by atoms with Crippen LogP contribution in [0.25, 0.3) is 5.65 Å². The number of fused-ring (bicyclic) bond motifs is 1. The van der Waals surface area contributed by atoms with Gasteiger partial charge in [-0.1, -0.05) is 0 Å². The average Bonchev–Trinajstić information content (AvgIpc) is 3.62. The van der Waals surface area contributed by atoms with E-state index in [1.807, 2.05) is 18.2 Å². The zero-order valence-electron chi connectivity index (χ0n) is 15.9. The van der Waals surface area contributed by atoms with Crippen LogP contribution in [-0.2, 0) is 0 Å². The van der Waals surface area contributed by atoms with Crippen LogP contribution in [0, 0.1) is 0 Å². The van der Waals surface area contributed by atoms with E-state index in [9.17, 15) is 10.2 Å². The SMILES string of the molecule is CNc1cc(Nc2cccnc2OC2CC2)nc2c(C(O)N[C@@H]3CC3O)cnn12. The minimum absolute atomic E-state index is 0.109. The third kappa shape index (κ3) is 3.69. The minimum Gasteiger partial charge on any atom is -0.473 e. The maximum atomic E-state index is 10.5. The lowest BCUT2D eigenvalue weighted by Gasteiger charge is -2.14. The molecule has 29 heavy (non-hydrogen) atoms. The summed E-state index contributed by atoms with van der Waals surface area (Å²) < 4.78 is 7.50. The van der Waals surface area contributed by atoms with Gasteiger partial charge in [0.1, 0.15) is 29.7 Å². The van der Waals surface area contributed by atoms with Crippen molar-refractivity contribution in [2.24, 2.45) is 0 Å². The molecule has 152 valence electrons. The van der Waals surface area contributed by atoms with Gasteiger partial charge in [0.2, 0.25) is 5.88 Å². The van der Waals surface area contributed by atoms with E-state index in [1.54, 1.807) is 24.0 Å². The minimum atomic E-state index is -0.978. The Balaban J connectivity index is 1.47. The number of nitrogens with one attached hydrogen (secondary N) is 3. The Kier molecular flexibility index (Phi) is 4.46. The highest BCUT2D eigenvalue weighted by molar-refractivity contribution is 5.67. The molecule has 5 rings (SSSR count). The van der Waals surface area contributed by atoms with Crippen molar-refractivity contribution >= 4 is 23.0 Å². The second-order valence-electron chi connectivity index (χ2n) is 7.39. The van der Waals surface area contributed by atoms with Crippen LogP contribution in [0.5, 0.6) is 5.88 Å². The van der Waals surface area contributed by atoms with Gasteiger partial charge in [0, 0.05) is 25.4 Å². The number of hydrogen-bond acceptors (Lipinski definition) is 9. The Hall–Kier alpha value is -2.95. The Morgan fingerprint density at radius 3 is 2.90 bits per heavy atom. The number of ether oxygens (including phenoxy) is 1. The fraction of sp³-hybridized carbons (Fsp3) is 0.421. The smallest absolute Gasteiger partial charge is 0.238 e. The van der Waals surface area contributed by atoms with Crippen LogP contribution < -0.4 is 20.7 Å². The molecule has 10 heteroatoms. The summed E-state index contributed by atoms with van der Waals surface area (Å²) in [4.78, 5) is 8.97. The third-order valence-electron chi connectivity index (χ3n) is 5.02. The van der Waals surface area contributed by atoms with Crippen LogP contribution in [0.1, 0.15) is 31.1 Å². The lowest BCUT2D eigenvalue weighted by Crippen LogP contribution is -2.25. The molecule has 2 saturated carbocycles. The van der Waals surface area contributed by atoms with Crippen molar-refractivity contribution in [3.05, 3.63) is 36.2 Å². The van der Waals surface area contributed by atoms with E-state index >= 15 is 0 Å². The quantitative estimate of drug-likeness (QED) is 0.356. The number of anilines is 3. The van der Waals surface area contributed by atoms with E-state index in [-0.39, 0.29) is 12.1 Å². The summed E-state index contributed by atoms with van der Waals surface area (Å²) in [7, 11) is 1.79. The Morgan fingerprint density at radius 1 is 1.34 bits per heavy atom. The van der Waals surface area contributed by atoms with Gasteiger partial charge in [-0.25, -0.2) is 9.97 Å². The average molecular weight is 397 g/mol. The van der Waals surface area contributed by atoms with Crippen molar-refractivity contribution in [1.29, 1.82) is 0 Å². The van der Waals surface area contributed by atoms with Crippen molar-refractivity contribution in [2.75, 3.05) is 17.7 Å². The van der Waals surface area contributed by atoms with E-state index in [0.29, 0.717) is 35.1 Å². The molecule has 2 aliphatic rings. The number of aliphatic hydroxyl groups excluding tert-OH is 2. The molecule has 0 aromatic carbocycles.